The second-order valence-electron chi connectivity index (χ2n) is 7.31. The SMILES string of the molecule is Cc1ccccc1CC(CCOC(C)(C)C)CNC(C)C. The standard InChI is InChI=1S/C19H33NO/c1-15(2)20-14-17(11-12-21-19(4,5)6)13-18-10-8-7-9-16(18)3/h7-10,15,17,20H,11-14H2,1-6H3. The fourth-order valence-corrected chi connectivity index (χ4v) is 2.36. The number of hydrogen-bond acceptors (Lipinski definition) is 2. The molecule has 0 aromatic heterocycles. The summed E-state index contributed by atoms with van der Waals surface area (Å²) in [5.74, 6) is 0.621. The summed E-state index contributed by atoms with van der Waals surface area (Å²) in [4.78, 5) is 0. The molecule has 1 atom stereocenters. The maximum atomic E-state index is 5.91. The lowest BCUT2D eigenvalue weighted by atomic mass is 9.93. The zero-order valence-corrected chi connectivity index (χ0v) is 14.7. The van der Waals surface area contributed by atoms with Gasteiger partial charge in [-0.05, 0) is 64.1 Å². The van der Waals surface area contributed by atoms with E-state index in [1.54, 1.807) is 0 Å². The minimum Gasteiger partial charge on any atom is -0.376 e. The van der Waals surface area contributed by atoms with Crippen molar-refractivity contribution in [2.75, 3.05) is 13.2 Å². The van der Waals surface area contributed by atoms with Crippen molar-refractivity contribution in [3.05, 3.63) is 35.4 Å². The van der Waals surface area contributed by atoms with Gasteiger partial charge in [0.15, 0.2) is 0 Å². The minimum absolute atomic E-state index is 0.0430. The lowest BCUT2D eigenvalue weighted by molar-refractivity contribution is -0.00928. The van der Waals surface area contributed by atoms with E-state index in [2.05, 4.69) is 71.1 Å². The summed E-state index contributed by atoms with van der Waals surface area (Å²) in [7, 11) is 0. The quantitative estimate of drug-likeness (QED) is 0.768. The average Bonchev–Trinajstić information content (AvgIpc) is 2.36. The monoisotopic (exact) mass is 291 g/mol. The molecule has 0 aliphatic rings. The minimum atomic E-state index is -0.0430. The molecule has 1 unspecified atom stereocenters. The molecule has 0 amide bonds. The lowest BCUT2D eigenvalue weighted by Gasteiger charge is -2.24. The molecule has 1 N–H and O–H groups in total. The highest BCUT2D eigenvalue weighted by Crippen LogP contribution is 2.17. The molecule has 120 valence electrons. The Morgan fingerprint density at radius 2 is 1.81 bits per heavy atom. The van der Waals surface area contributed by atoms with Crippen LogP contribution >= 0.6 is 0 Å². The normalized spacial score (nSPS) is 13.7. The highest BCUT2D eigenvalue weighted by molar-refractivity contribution is 5.25. The first-order valence-corrected chi connectivity index (χ1v) is 8.20. The van der Waals surface area contributed by atoms with Crippen LogP contribution in [0.1, 0.15) is 52.2 Å². The van der Waals surface area contributed by atoms with Gasteiger partial charge in [0.05, 0.1) is 5.60 Å². The van der Waals surface area contributed by atoms with Gasteiger partial charge in [0.25, 0.3) is 0 Å². The zero-order valence-electron chi connectivity index (χ0n) is 14.7. The molecule has 0 aliphatic carbocycles. The van der Waals surface area contributed by atoms with E-state index >= 15 is 0 Å². The third kappa shape index (κ3) is 8.23. The van der Waals surface area contributed by atoms with Gasteiger partial charge < -0.3 is 10.1 Å². The third-order valence-electron chi connectivity index (χ3n) is 3.65. The third-order valence-corrected chi connectivity index (χ3v) is 3.65. The summed E-state index contributed by atoms with van der Waals surface area (Å²) in [5, 5.41) is 3.58. The van der Waals surface area contributed by atoms with E-state index in [1.165, 1.54) is 11.1 Å². The predicted molar refractivity (Wildman–Crippen MR) is 91.8 cm³/mol. The summed E-state index contributed by atoms with van der Waals surface area (Å²) in [5.41, 5.74) is 2.81. The molecule has 0 spiro atoms. The Hall–Kier alpha value is -0.860. The summed E-state index contributed by atoms with van der Waals surface area (Å²) >= 11 is 0. The lowest BCUT2D eigenvalue weighted by Crippen LogP contribution is -2.31. The molecule has 1 aromatic rings. The second-order valence-corrected chi connectivity index (χ2v) is 7.31. The van der Waals surface area contributed by atoms with E-state index in [0.717, 1.165) is 26.0 Å². The first-order valence-electron chi connectivity index (χ1n) is 8.20. The Morgan fingerprint density at radius 3 is 2.38 bits per heavy atom. The van der Waals surface area contributed by atoms with Gasteiger partial charge in [-0.3, -0.25) is 0 Å². The molecule has 21 heavy (non-hydrogen) atoms. The number of benzene rings is 1. The molecular formula is C19H33NO. The van der Waals surface area contributed by atoms with E-state index in [1.807, 2.05) is 0 Å². The van der Waals surface area contributed by atoms with E-state index in [-0.39, 0.29) is 5.60 Å². The molecule has 0 radical (unpaired) electrons. The largest absolute Gasteiger partial charge is 0.376 e. The van der Waals surface area contributed by atoms with Crippen LogP contribution in [0.4, 0.5) is 0 Å². The van der Waals surface area contributed by atoms with Crippen LogP contribution in [0.15, 0.2) is 24.3 Å². The van der Waals surface area contributed by atoms with Gasteiger partial charge in [-0.2, -0.15) is 0 Å². The smallest absolute Gasteiger partial charge is 0.0598 e. The summed E-state index contributed by atoms with van der Waals surface area (Å²) in [6.07, 6.45) is 2.23. The molecule has 2 nitrogen and oxygen atoms in total. The van der Waals surface area contributed by atoms with E-state index in [9.17, 15) is 0 Å². The fraction of sp³-hybridized carbons (Fsp3) is 0.684. The molecule has 0 aliphatic heterocycles. The van der Waals surface area contributed by atoms with Crippen molar-refractivity contribution < 1.29 is 4.74 Å². The van der Waals surface area contributed by atoms with Gasteiger partial charge in [-0.15, -0.1) is 0 Å². The van der Waals surface area contributed by atoms with Crippen LogP contribution in [-0.4, -0.2) is 24.8 Å². The van der Waals surface area contributed by atoms with Gasteiger partial charge >= 0.3 is 0 Å². The van der Waals surface area contributed by atoms with Crippen molar-refractivity contribution in [1.82, 2.24) is 5.32 Å². The number of ether oxygens (including phenoxy) is 1. The first kappa shape index (κ1) is 18.2. The van der Waals surface area contributed by atoms with Crippen molar-refractivity contribution >= 4 is 0 Å². The number of nitrogens with one attached hydrogen (secondary N) is 1. The van der Waals surface area contributed by atoms with E-state index in [4.69, 9.17) is 4.74 Å². The van der Waals surface area contributed by atoms with Crippen LogP contribution in [0.2, 0.25) is 0 Å². The Balaban J connectivity index is 2.57. The van der Waals surface area contributed by atoms with Crippen LogP contribution in [-0.2, 0) is 11.2 Å². The highest BCUT2D eigenvalue weighted by atomic mass is 16.5. The first-order chi connectivity index (χ1) is 9.78. The maximum absolute atomic E-state index is 5.91. The number of hydrogen-bond donors (Lipinski definition) is 1. The van der Waals surface area contributed by atoms with Crippen LogP contribution in [0.25, 0.3) is 0 Å². The van der Waals surface area contributed by atoms with Crippen molar-refractivity contribution in [2.45, 2.75) is 66.0 Å². The van der Waals surface area contributed by atoms with Crippen LogP contribution in [0.5, 0.6) is 0 Å². The molecular weight excluding hydrogens is 258 g/mol. The van der Waals surface area contributed by atoms with Crippen molar-refractivity contribution in [3.63, 3.8) is 0 Å². The zero-order chi connectivity index (χ0) is 15.9. The number of rotatable bonds is 8. The molecule has 0 heterocycles. The second kappa shape index (κ2) is 8.55. The van der Waals surface area contributed by atoms with Crippen LogP contribution in [0, 0.1) is 12.8 Å². The van der Waals surface area contributed by atoms with Gasteiger partial charge in [0.1, 0.15) is 0 Å². The Morgan fingerprint density at radius 1 is 1.14 bits per heavy atom. The Bertz CT molecular complexity index is 406. The summed E-state index contributed by atoms with van der Waals surface area (Å²) in [6, 6.07) is 9.24. The van der Waals surface area contributed by atoms with Gasteiger partial charge in [-0.1, -0.05) is 38.1 Å². The molecule has 0 saturated heterocycles. The van der Waals surface area contributed by atoms with Crippen molar-refractivity contribution in [3.8, 4) is 0 Å². The van der Waals surface area contributed by atoms with Crippen LogP contribution < -0.4 is 5.32 Å². The van der Waals surface area contributed by atoms with E-state index in [0.29, 0.717) is 12.0 Å². The van der Waals surface area contributed by atoms with Crippen molar-refractivity contribution in [1.29, 1.82) is 0 Å². The molecule has 2 heteroatoms. The van der Waals surface area contributed by atoms with E-state index < -0.39 is 0 Å². The topological polar surface area (TPSA) is 21.3 Å². The Labute approximate surface area is 131 Å². The summed E-state index contributed by atoms with van der Waals surface area (Å²) in [6.45, 7) is 14.9. The number of aryl methyl sites for hydroxylation is 1. The molecule has 1 rings (SSSR count). The average molecular weight is 291 g/mol. The Kier molecular flexibility index (Phi) is 7.41. The van der Waals surface area contributed by atoms with Crippen LogP contribution in [0.3, 0.4) is 0 Å². The highest BCUT2D eigenvalue weighted by Gasteiger charge is 2.15. The van der Waals surface area contributed by atoms with Gasteiger partial charge in [0, 0.05) is 12.6 Å². The summed E-state index contributed by atoms with van der Waals surface area (Å²) < 4.78 is 5.91. The molecule has 0 bridgehead atoms. The molecule has 0 saturated carbocycles. The van der Waals surface area contributed by atoms with Gasteiger partial charge in [-0.25, -0.2) is 0 Å². The maximum Gasteiger partial charge on any atom is 0.0598 e. The van der Waals surface area contributed by atoms with Crippen molar-refractivity contribution in [2.24, 2.45) is 5.92 Å². The predicted octanol–water partition coefficient (Wildman–Crippen LogP) is 4.36. The van der Waals surface area contributed by atoms with Gasteiger partial charge in [0.2, 0.25) is 0 Å². The molecule has 0 fully saturated rings. The molecule has 1 aromatic carbocycles. The fourth-order valence-electron chi connectivity index (χ4n) is 2.36.